The van der Waals surface area contributed by atoms with E-state index in [1.165, 1.54) is 6.07 Å². The van der Waals surface area contributed by atoms with Crippen LogP contribution in [0.2, 0.25) is 0 Å². The van der Waals surface area contributed by atoms with Gasteiger partial charge in [0, 0.05) is 37.3 Å². The molecule has 0 spiro atoms. The van der Waals surface area contributed by atoms with E-state index in [4.69, 9.17) is 0 Å². The number of piperidine rings is 1. The van der Waals surface area contributed by atoms with Crippen LogP contribution in [0.3, 0.4) is 0 Å². The standard InChI is InChI=1S/C17H26N4O3/c1-12-6-8-20(9-7-12)15-5-4-14(10-16(15)21(23)24)17(22)19-11-13(2)18-3/h4-5,10,12-13,18H,6-9,11H2,1-3H3,(H,19,22). The highest BCUT2D eigenvalue weighted by molar-refractivity contribution is 5.95. The first-order valence-electron chi connectivity index (χ1n) is 8.41. The molecule has 1 aliphatic heterocycles. The number of nitro benzene ring substituents is 1. The number of hydrogen-bond acceptors (Lipinski definition) is 5. The molecule has 1 atom stereocenters. The molecule has 1 aromatic rings. The first-order valence-corrected chi connectivity index (χ1v) is 8.41. The predicted molar refractivity (Wildman–Crippen MR) is 94.6 cm³/mol. The molecule has 1 unspecified atom stereocenters. The van der Waals surface area contributed by atoms with Crippen molar-refractivity contribution < 1.29 is 9.72 Å². The summed E-state index contributed by atoms with van der Waals surface area (Å²) in [4.78, 5) is 25.3. The van der Waals surface area contributed by atoms with Crippen LogP contribution in [0, 0.1) is 16.0 Å². The fourth-order valence-corrected chi connectivity index (χ4v) is 2.78. The maximum Gasteiger partial charge on any atom is 0.293 e. The SMILES string of the molecule is CNC(C)CNC(=O)c1ccc(N2CCC(C)CC2)c([N+](=O)[O-])c1. The number of nitrogens with zero attached hydrogens (tertiary/aromatic N) is 2. The molecule has 0 bridgehead atoms. The second-order valence-corrected chi connectivity index (χ2v) is 6.53. The number of anilines is 1. The summed E-state index contributed by atoms with van der Waals surface area (Å²) in [5.41, 5.74) is 0.921. The van der Waals surface area contributed by atoms with Gasteiger partial charge in [0.15, 0.2) is 0 Å². The van der Waals surface area contributed by atoms with Crippen molar-refractivity contribution in [1.29, 1.82) is 0 Å². The van der Waals surface area contributed by atoms with E-state index in [1.54, 1.807) is 12.1 Å². The minimum atomic E-state index is -0.402. The van der Waals surface area contributed by atoms with Gasteiger partial charge in [0.25, 0.3) is 11.6 Å². The Morgan fingerprint density at radius 1 is 1.42 bits per heavy atom. The van der Waals surface area contributed by atoms with Crippen LogP contribution in [0.15, 0.2) is 18.2 Å². The molecule has 2 rings (SSSR count). The van der Waals surface area contributed by atoms with Gasteiger partial charge >= 0.3 is 0 Å². The van der Waals surface area contributed by atoms with Gasteiger partial charge < -0.3 is 15.5 Å². The molecule has 2 N–H and O–H groups in total. The fourth-order valence-electron chi connectivity index (χ4n) is 2.78. The second-order valence-electron chi connectivity index (χ2n) is 6.53. The first kappa shape index (κ1) is 18.2. The third-order valence-corrected chi connectivity index (χ3v) is 4.62. The summed E-state index contributed by atoms with van der Waals surface area (Å²) in [6.07, 6.45) is 2.06. The molecule has 7 nitrogen and oxygen atoms in total. The Morgan fingerprint density at radius 3 is 2.67 bits per heavy atom. The molecule has 1 fully saturated rings. The largest absolute Gasteiger partial charge is 0.366 e. The molecule has 1 saturated heterocycles. The molecule has 0 aliphatic carbocycles. The van der Waals surface area contributed by atoms with Crippen molar-refractivity contribution in [3.63, 3.8) is 0 Å². The Bertz CT molecular complexity index is 597. The zero-order chi connectivity index (χ0) is 17.7. The van der Waals surface area contributed by atoms with Gasteiger partial charge in [-0.3, -0.25) is 14.9 Å². The van der Waals surface area contributed by atoms with Crippen LogP contribution in [-0.4, -0.2) is 43.6 Å². The lowest BCUT2D eigenvalue weighted by Crippen LogP contribution is -2.37. The number of rotatable bonds is 6. The minimum absolute atomic E-state index is 0.00105. The Balaban J connectivity index is 2.17. The van der Waals surface area contributed by atoms with Crippen molar-refractivity contribution in [2.75, 3.05) is 31.6 Å². The van der Waals surface area contributed by atoms with Crippen molar-refractivity contribution in [3.8, 4) is 0 Å². The molecule has 132 valence electrons. The number of hydrogen-bond donors (Lipinski definition) is 2. The molecule has 0 aromatic heterocycles. The maximum atomic E-state index is 12.2. The van der Waals surface area contributed by atoms with Crippen LogP contribution in [0.4, 0.5) is 11.4 Å². The molecular formula is C17H26N4O3. The fraction of sp³-hybridized carbons (Fsp3) is 0.588. The number of carbonyl (C=O) groups is 1. The predicted octanol–water partition coefficient (Wildman–Crippen LogP) is 2.17. The van der Waals surface area contributed by atoms with Crippen LogP contribution in [0.1, 0.15) is 37.0 Å². The molecule has 7 heteroatoms. The Hall–Kier alpha value is -2.15. The quantitative estimate of drug-likeness (QED) is 0.615. The molecule has 24 heavy (non-hydrogen) atoms. The lowest BCUT2D eigenvalue weighted by atomic mass is 9.98. The molecule has 0 radical (unpaired) electrons. The molecule has 0 saturated carbocycles. The average molecular weight is 334 g/mol. The summed E-state index contributed by atoms with van der Waals surface area (Å²) in [5, 5.41) is 17.3. The van der Waals surface area contributed by atoms with Crippen LogP contribution in [0.5, 0.6) is 0 Å². The maximum absolute atomic E-state index is 12.2. The number of amides is 1. The van der Waals surface area contributed by atoms with Crippen molar-refractivity contribution in [1.82, 2.24) is 10.6 Å². The van der Waals surface area contributed by atoms with Gasteiger partial charge in [-0.05, 0) is 44.9 Å². The minimum Gasteiger partial charge on any atom is -0.366 e. The monoisotopic (exact) mass is 334 g/mol. The molecule has 1 amide bonds. The summed E-state index contributed by atoms with van der Waals surface area (Å²) in [5.74, 6) is 0.360. The van der Waals surface area contributed by atoms with Crippen molar-refractivity contribution in [2.45, 2.75) is 32.7 Å². The van der Waals surface area contributed by atoms with Crippen LogP contribution >= 0.6 is 0 Å². The van der Waals surface area contributed by atoms with E-state index in [1.807, 2.05) is 18.9 Å². The molecular weight excluding hydrogens is 308 g/mol. The molecule has 1 heterocycles. The van der Waals surface area contributed by atoms with E-state index in [9.17, 15) is 14.9 Å². The highest BCUT2D eigenvalue weighted by Crippen LogP contribution is 2.32. The highest BCUT2D eigenvalue weighted by Gasteiger charge is 2.24. The van der Waals surface area contributed by atoms with Gasteiger partial charge in [-0.2, -0.15) is 0 Å². The lowest BCUT2D eigenvalue weighted by molar-refractivity contribution is -0.384. The smallest absolute Gasteiger partial charge is 0.293 e. The number of carbonyl (C=O) groups excluding carboxylic acids is 1. The van der Waals surface area contributed by atoms with E-state index in [0.29, 0.717) is 23.7 Å². The lowest BCUT2D eigenvalue weighted by Gasteiger charge is -2.31. The summed E-state index contributed by atoms with van der Waals surface area (Å²) in [6.45, 7) is 6.24. The summed E-state index contributed by atoms with van der Waals surface area (Å²) >= 11 is 0. The Labute approximate surface area is 142 Å². The summed E-state index contributed by atoms with van der Waals surface area (Å²) < 4.78 is 0. The number of benzene rings is 1. The topological polar surface area (TPSA) is 87.5 Å². The Kier molecular flexibility index (Phi) is 6.14. The van der Waals surface area contributed by atoms with Crippen molar-refractivity contribution >= 4 is 17.3 Å². The zero-order valence-electron chi connectivity index (χ0n) is 14.5. The number of likely N-dealkylation sites (N-methyl/N-ethyl adjacent to an activating group) is 1. The van der Waals surface area contributed by atoms with Gasteiger partial charge in [0.2, 0.25) is 0 Å². The van der Waals surface area contributed by atoms with Gasteiger partial charge in [0.05, 0.1) is 4.92 Å². The average Bonchev–Trinajstić information content (AvgIpc) is 2.59. The molecule has 1 aliphatic rings. The van der Waals surface area contributed by atoms with E-state index in [-0.39, 0.29) is 17.6 Å². The number of nitro groups is 1. The van der Waals surface area contributed by atoms with Gasteiger partial charge in [-0.15, -0.1) is 0 Å². The summed E-state index contributed by atoms with van der Waals surface area (Å²) in [6, 6.07) is 4.88. The van der Waals surface area contributed by atoms with Crippen molar-refractivity contribution in [2.24, 2.45) is 5.92 Å². The number of nitrogens with one attached hydrogen (secondary N) is 2. The normalized spacial score (nSPS) is 16.7. The molecule has 1 aromatic carbocycles. The van der Waals surface area contributed by atoms with Gasteiger partial charge in [-0.25, -0.2) is 0 Å². The van der Waals surface area contributed by atoms with Crippen LogP contribution in [-0.2, 0) is 0 Å². The van der Waals surface area contributed by atoms with Gasteiger partial charge in [0.1, 0.15) is 5.69 Å². The van der Waals surface area contributed by atoms with E-state index in [2.05, 4.69) is 17.6 Å². The van der Waals surface area contributed by atoms with E-state index in [0.717, 1.165) is 25.9 Å². The third kappa shape index (κ3) is 4.44. The Morgan fingerprint density at radius 2 is 2.08 bits per heavy atom. The third-order valence-electron chi connectivity index (χ3n) is 4.62. The zero-order valence-corrected chi connectivity index (χ0v) is 14.5. The second kappa shape index (κ2) is 8.10. The summed E-state index contributed by atoms with van der Waals surface area (Å²) in [7, 11) is 1.82. The van der Waals surface area contributed by atoms with Gasteiger partial charge in [-0.1, -0.05) is 6.92 Å². The van der Waals surface area contributed by atoms with E-state index < -0.39 is 4.92 Å². The van der Waals surface area contributed by atoms with Crippen LogP contribution < -0.4 is 15.5 Å². The van der Waals surface area contributed by atoms with E-state index >= 15 is 0 Å². The highest BCUT2D eigenvalue weighted by atomic mass is 16.6. The van der Waals surface area contributed by atoms with Crippen LogP contribution in [0.25, 0.3) is 0 Å². The first-order chi connectivity index (χ1) is 11.4. The van der Waals surface area contributed by atoms with Crippen molar-refractivity contribution in [3.05, 3.63) is 33.9 Å².